The van der Waals surface area contributed by atoms with Gasteiger partial charge in [-0.25, -0.2) is 9.97 Å². The molecule has 2 aromatic carbocycles. The van der Waals surface area contributed by atoms with E-state index >= 15 is 0 Å². The molecule has 6 nitrogen and oxygen atoms in total. The summed E-state index contributed by atoms with van der Waals surface area (Å²) in [5.74, 6) is 2.40. The standard InChI is InChI=1S/C26H30N4O2/c1-19-23(18-21-10-5-4-6-11-21)25(28-20(2)27-19)29-14-9-15-30(17-16-29)26(31)22-12-7-8-13-24(22)32-3/h4-8,10-13H,9,14-18H2,1-3H3. The first-order valence-electron chi connectivity index (χ1n) is 11.1. The van der Waals surface area contributed by atoms with Crippen molar-refractivity contribution in [2.24, 2.45) is 0 Å². The van der Waals surface area contributed by atoms with Gasteiger partial charge in [0, 0.05) is 43.9 Å². The Balaban J connectivity index is 1.56. The summed E-state index contributed by atoms with van der Waals surface area (Å²) in [5, 5.41) is 0. The Kier molecular flexibility index (Phi) is 6.69. The van der Waals surface area contributed by atoms with Crippen molar-refractivity contribution < 1.29 is 9.53 Å². The summed E-state index contributed by atoms with van der Waals surface area (Å²) >= 11 is 0. The minimum absolute atomic E-state index is 0.0175. The van der Waals surface area contributed by atoms with Crippen LogP contribution in [-0.2, 0) is 6.42 Å². The predicted octanol–water partition coefficient (Wildman–Crippen LogP) is 4.05. The van der Waals surface area contributed by atoms with E-state index in [9.17, 15) is 4.79 Å². The SMILES string of the molecule is COc1ccccc1C(=O)N1CCCN(c2nc(C)nc(C)c2Cc2ccccc2)CC1. The summed E-state index contributed by atoms with van der Waals surface area (Å²) in [5.41, 5.74) is 4.03. The van der Waals surface area contributed by atoms with E-state index < -0.39 is 0 Å². The molecule has 0 atom stereocenters. The summed E-state index contributed by atoms with van der Waals surface area (Å²) in [4.78, 5) is 26.9. The largest absolute Gasteiger partial charge is 0.496 e. The molecule has 0 spiro atoms. The minimum Gasteiger partial charge on any atom is -0.496 e. The Morgan fingerprint density at radius 1 is 0.938 bits per heavy atom. The number of benzene rings is 2. The van der Waals surface area contributed by atoms with Gasteiger partial charge in [0.1, 0.15) is 17.4 Å². The van der Waals surface area contributed by atoms with Crippen LogP contribution in [0.5, 0.6) is 5.75 Å². The number of nitrogens with zero attached hydrogens (tertiary/aromatic N) is 4. The van der Waals surface area contributed by atoms with E-state index in [0.29, 0.717) is 24.4 Å². The molecule has 1 amide bonds. The first-order valence-corrected chi connectivity index (χ1v) is 11.1. The van der Waals surface area contributed by atoms with Crippen molar-refractivity contribution in [3.8, 4) is 5.75 Å². The van der Waals surface area contributed by atoms with Crippen molar-refractivity contribution in [3.63, 3.8) is 0 Å². The number of carbonyl (C=O) groups is 1. The van der Waals surface area contributed by atoms with E-state index in [0.717, 1.165) is 48.8 Å². The zero-order valence-electron chi connectivity index (χ0n) is 19.0. The normalized spacial score (nSPS) is 14.2. The molecule has 1 aliphatic heterocycles. The highest BCUT2D eigenvalue weighted by atomic mass is 16.5. The molecular weight excluding hydrogens is 400 g/mol. The molecule has 0 unspecified atom stereocenters. The average molecular weight is 431 g/mol. The zero-order chi connectivity index (χ0) is 22.5. The molecular formula is C26H30N4O2. The van der Waals surface area contributed by atoms with Crippen LogP contribution in [0, 0.1) is 13.8 Å². The first-order chi connectivity index (χ1) is 15.6. The number of hydrogen-bond donors (Lipinski definition) is 0. The van der Waals surface area contributed by atoms with Crippen LogP contribution < -0.4 is 9.64 Å². The van der Waals surface area contributed by atoms with Crippen molar-refractivity contribution in [1.82, 2.24) is 14.9 Å². The van der Waals surface area contributed by atoms with Gasteiger partial charge < -0.3 is 14.5 Å². The molecule has 1 aliphatic rings. The van der Waals surface area contributed by atoms with Gasteiger partial charge in [0.05, 0.1) is 12.7 Å². The average Bonchev–Trinajstić information content (AvgIpc) is 3.07. The number of para-hydroxylation sites is 1. The molecule has 32 heavy (non-hydrogen) atoms. The van der Waals surface area contributed by atoms with E-state index in [1.807, 2.05) is 42.2 Å². The molecule has 1 saturated heterocycles. The fourth-order valence-corrected chi connectivity index (χ4v) is 4.31. The lowest BCUT2D eigenvalue weighted by Gasteiger charge is -2.26. The monoisotopic (exact) mass is 430 g/mol. The Morgan fingerprint density at radius 3 is 2.47 bits per heavy atom. The van der Waals surface area contributed by atoms with Crippen LogP contribution in [0.25, 0.3) is 0 Å². The van der Waals surface area contributed by atoms with Crippen molar-refractivity contribution in [2.45, 2.75) is 26.7 Å². The Bertz CT molecular complexity index is 1080. The molecule has 0 radical (unpaired) electrons. The third-order valence-electron chi connectivity index (χ3n) is 5.95. The predicted molar refractivity (Wildman–Crippen MR) is 126 cm³/mol. The van der Waals surface area contributed by atoms with Gasteiger partial charge in [0.15, 0.2) is 0 Å². The topological polar surface area (TPSA) is 58.6 Å². The number of carbonyl (C=O) groups excluding carboxylic acids is 1. The fourth-order valence-electron chi connectivity index (χ4n) is 4.31. The molecule has 2 heterocycles. The van der Waals surface area contributed by atoms with Crippen LogP contribution in [0.2, 0.25) is 0 Å². The number of amides is 1. The summed E-state index contributed by atoms with van der Waals surface area (Å²) in [6, 6.07) is 17.9. The lowest BCUT2D eigenvalue weighted by Crippen LogP contribution is -2.36. The number of rotatable bonds is 5. The maximum absolute atomic E-state index is 13.2. The second-order valence-corrected chi connectivity index (χ2v) is 8.15. The molecule has 1 aromatic heterocycles. The van der Waals surface area contributed by atoms with Gasteiger partial charge in [0.25, 0.3) is 5.91 Å². The molecule has 166 valence electrons. The highest BCUT2D eigenvalue weighted by Crippen LogP contribution is 2.26. The number of ether oxygens (including phenoxy) is 1. The maximum Gasteiger partial charge on any atom is 0.257 e. The fraction of sp³-hybridized carbons (Fsp3) is 0.346. The van der Waals surface area contributed by atoms with Gasteiger partial charge in [-0.05, 0) is 38.0 Å². The highest BCUT2D eigenvalue weighted by Gasteiger charge is 2.25. The molecule has 0 bridgehead atoms. The Morgan fingerprint density at radius 2 is 1.69 bits per heavy atom. The molecule has 4 rings (SSSR count). The van der Waals surface area contributed by atoms with Gasteiger partial charge in [-0.1, -0.05) is 42.5 Å². The smallest absolute Gasteiger partial charge is 0.257 e. The second kappa shape index (κ2) is 9.81. The van der Waals surface area contributed by atoms with Gasteiger partial charge in [-0.15, -0.1) is 0 Å². The molecule has 0 saturated carbocycles. The van der Waals surface area contributed by atoms with Crippen molar-refractivity contribution in [1.29, 1.82) is 0 Å². The van der Waals surface area contributed by atoms with Gasteiger partial charge >= 0.3 is 0 Å². The number of methoxy groups -OCH3 is 1. The van der Waals surface area contributed by atoms with E-state index in [4.69, 9.17) is 9.72 Å². The van der Waals surface area contributed by atoms with Crippen molar-refractivity contribution in [2.75, 3.05) is 38.2 Å². The number of aromatic nitrogens is 2. The molecule has 1 fully saturated rings. The van der Waals surface area contributed by atoms with Gasteiger partial charge in [0.2, 0.25) is 0 Å². The molecule has 0 N–H and O–H groups in total. The molecule has 0 aliphatic carbocycles. The Hall–Kier alpha value is -3.41. The number of anilines is 1. The summed E-state index contributed by atoms with van der Waals surface area (Å²) in [7, 11) is 1.60. The third-order valence-corrected chi connectivity index (χ3v) is 5.95. The minimum atomic E-state index is 0.0175. The van der Waals surface area contributed by atoms with Crippen molar-refractivity contribution >= 4 is 11.7 Å². The van der Waals surface area contributed by atoms with Crippen LogP contribution >= 0.6 is 0 Å². The van der Waals surface area contributed by atoms with Crippen LogP contribution in [0.1, 0.15) is 39.4 Å². The van der Waals surface area contributed by atoms with Crippen LogP contribution in [0.4, 0.5) is 5.82 Å². The molecule has 3 aromatic rings. The van der Waals surface area contributed by atoms with Crippen LogP contribution in [0.15, 0.2) is 54.6 Å². The second-order valence-electron chi connectivity index (χ2n) is 8.15. The van der Waals surface area contributed by atoms with E-state index in [-0.39, 0.29) is 5.91 Å². The number of aryl methyl sites for hydroxylation is 2. The zero-order valence-corrected chi connectivity index (χ0v) is 19.0. The third kappa shape index (κ3) is 4.74. The van der Waals surface area contributed by atoms with E-state index in [2.05, 4.69) is 41.1 Å². The first kappa shape index (κ1) is 21.8. The van der Waals surface area contributed by atoms with Crippen molar-refractivity contribution in [3.05, 3.63) is 82.8 Å². The lowest BCUT2D eigenvalue weighted by atomic mass is 10.0. The highest BCUT2D eigenvalue weighted by molar-refractivity contribution is 5.97. The van der Waals surface area contributed by atoms with Gasteiger partial charge in [-0.3, -0.25) is 4.79 Å². The van der Waals surface area contributed by atoms with Gasteiger partial charge in [-0.2, -0.15) is 0 Å². The summed E-state index contributed by atoms with van der Waals surface area (Å²) < 4.78 is 5.40. The molecule has 6 heteroatoms. The van der Waals surface area contributed by atoms with Crippen LogP contribution in [-0.4, -0.2) is 54.1 Å². The maximum atomic E-state index is 13.2. The van der Waals surface area contributed by atoms with E-state index in [1.165, 1.54) is 5.56 Å². The Labute approximate surface area is 189 Å². The number of hydrogen-bond acceptors (Lipinski definition) is 5. The van der Waals surface area contributed by atoms with Crippen LogP contribution in [0.3, 0.4) is 0 Å². The summed E-state index contributed by atoms with van der Waals surface area (Å²) in [6.45, 7) is 6.95. The summed E-state index contributed by atoms with van der Waals surface area (Å²) in [6.07, 6.45) is 1.68. The lowest BCUT2D eigenvalue weighted by molar-refractivity contribution is 0.0763. The quantitative estimate of drug-likeness (QED) is 0.611. The van der Waals surface area contributed by atoms with E-state index in [1.54, 1.807) is 7.11 Å².